The number of methoxy groups -OCH3 is 4. The van der Waals surface area contributed by atoms with Crippen LogP contribution in [0.3, 0.4) is 0 Å². The van der Waals surface area contributed by atoms with Gasteiger partial charge in [0.25, 0.3) is 0 Å². The number of aliphatic hydroxyl groups excluding tert-OH is 1. The minimum absolute atomic E-state index is 0.0421. The molecule has 1 unspecified atom stereocenters. The number of hydrogen-bond donors (Lipinski definition) is 2. The standard InChI is InChI=1S/C22H28O7/c1-25-17-7-5-14(10-19(17)27-3)9-16-12-29-13-22(16,24)21(23)15-6-8-18(26-2)20(11-15)28-4/h5-8,10-11,16,21,23-24H,9,12-13H2,1-4H3/t16-,21?,22-/m0/s1. The second-order valence-corrected chi connectivity index (χ2v) is 7.11. The first-order chi connectivity index (χ1) is 14.0. The molecule has 0 aromatic heterocycles. The van der Waals surface area contributed by atoms with E-state index >= 15 is 0 Å². The lowest BCUT2D eigenvalue weighted by Crippen LogP contribution is -2.44. The van der Waals surface area contributed by atoms with Crippen LogP contribution in [0.15, 0.2) is 36.4 Å². The van der Waals surface area contributed by atoms with Crippen LogP contribution in [0.25, 0.3) is 0 Å². The van der Waals surface area contributed by atoms with Gasteiger partial charge in [0.15, 0.2) is 23.0 Å². The Morgan fingerprint density at radius 1 is 0.931 bits per heavy atom. The van der Waals surface area contributed by atoms with Gasteiger partial charge in [-0.15, -0.1) is 0 Å². The molecule has 2 aromatic carbocycles. The predicted molar refractivity (Wildman–Crippen MR) is 107 cm³/mol. The van der Waals surface area contributed by atoms with Gasteiger partial charge in [0.05, 0.1) is 41.7 Å². The number of ether oxygens (including phenoxy) is 5. The lowest BCUT2D eigenvalue weighted by atomic mass is 9.79. The summed E-state index contributed by atoms with van der Waals surface area (Å²) >= 11 is 0. The van der Waals surface area contributed by atoms with Crippen molar-refractivity contribution >= 4 is 0 Å². The van der Waals surface area contributed by atoms with E-state index in [1.165, 1.54) is 7.11 Å². The summed E-state index contributed by atoms with van der Waals surface area (Å²) in [6.45, 7) is 0.385. The van der Waals surface area contributed by atoms with E-state index in [1.807, 2.05) is 18.2 Å². The molecule has 0 bridgehead atoms. The maximum Gasteiger partial charge on any atom is 0.161 e. The SMILES string of the molecule is COc1ccc(C[C@H]2COC[C@@]2(O)C(O)c2ccc(OC)c(OC)c2)cc1OC. The van der Waals surface area contributed by atoms with Gasteiger partial charge in [-0.1, -0.05) is 12.1 Å². The van der Waals surface area contributed by atoms with E-state index in [9.17, 15) is 10.2 Å². The number of aliphatic hydroxyl groups is 2. The summed E-state index contributed by atoms with van der Waals surface area (Å²) in [5.74, 6) is 2.00. The van der Waals surface area contributed by atoms with Crippen LogP contribution in [-0.4, -0.2) is 57.5 Å². The van der Waals surface area contributed by atoms with Gasteiger partial charge in [0.1, 0.15) is 11.7 Å². The molecule has 1 aliphatic heterocycles. The Hall–Kier alpha value is -2.48. The first-order valence-corrected chi connectivity index (χ1v) is 9.37. The Morgan fingerprint density at radius 2 is 1.52 bits per heavy atom. The van der Waals surface area contributed by atoms with E-state index in [0.717, 1.165) is 5.56 Å². The van der Waals surface area contributed by atoms with Crippen LogP contribution in [-0.2, 0) is 11.2 Å². The molecule has 3 atom stereocenters. The Kier molecular flexibility index (Phi) is 6.52. The fraction of sp³-hybridized carbons (Fsp3) is 0.455. The Morgan fingerprint density at radius 3 is 2.14 bits per heavy atom. The first-order valence-electron chi connectivity index (χ1n) is 9.37. The van der Waals surface area contributed by atoms with Crippen LogP contribution in [0.1, 0.15) is 17.2 Å². The molecule has 0 amide bonds. The largest absolute Gasteiger partial charge is 0.493 e. The quantitative estimate of drug-likeness (QED) is 0.699. The molecule has 0 radical (unpaired) electrons. The second kappa shape index (κ2) is 8.90. The Bertz CT molecular complexity index is 838. The van der Waals surface area contributed by atoms with Crippen LogP contribution in [0.4, 0.5) is 0 Å². The van der Waals surface area contributed by atoms with E-state index in [4.69, 9.17) is 23.7 Å². The van der Waals surface area contributed by atoms with Crippen molar-refractivity contribution in [3.63, 3.8) is 0 Å². The zero-order valence-electron chi connectivity index (χ0n) is 17.2. The van der Waals surface area contributed by atoms with Gasteiger partial charge in [-0.2, -0.15) is 0 Å². The molecule has 1 fully saturated rings. The van der Waals surface area contributed by atoms with Crippen LogP contribution in [0, 0.1) is 5.92 Å². The van der Waals surface area contributed by atoms with Crippen LogP contribution >= 0.6 is 0 Å². The molecule has 2 aromatic rings. The van der Waals surface area contributed by atoms with Crippen molar-refractivity contribution in [1.82, 2.24) is 0 Å². The monoisotopic (exact) mass is 404 g/mol. The van der Waals surface area contributed by atoms with E-state index in [1.54, 1.807) is 39.5 Å². The third-order valence-electron chi connectivity index (χ3n) is 5.49. The van der Waals surface area contributed by atoms with E-state index < -0.39 is 11.7 Å². The molecular weight excluding hydrogens is 376 g/mol. The van der Waals surface area contributed by atoms with Gasteiger partial charge in [0.2, 0.25) is 0 Å². The van der Waals surface area contributed by atoms with Crippen molar-refractivity contribution in [2.24, 2.45) is 5.92 Å². The van der Waals surface area contributed by atoms with Gasteiger partial charge in [-0.3, -0.25) is 0 Å². The molecule has 1 aliphatic rings. The van der Waals surface area contributed by atoms with E-state index in [2.05, 4.69) is 0 Å². The third-order valence-corrected chi connectivity index (χ3v) is 5.49. The summed E-state index contributed by atoms with van der Waals surface area (Å²) in [7, 11) is 6.24. The molecule has 3 rings (SSSR count). The molecule has 29 heavy (non-hydrogen) atoms. The molecular formula is C22H28O7. The Balaban J connectivity index is 1.85. The van der Waals surface area contributed by atoms with Gasteiger partial charge < -0.3 is 33.9 Å². The molecule has 1 heterocycles. The summed E-state index contributed by atoms with van der Waals surface area (Å²) < 4.78 is 26.8. The lowest BCUT2D eigenvalue weighted by Gasteiger charge is -2.33. The summed E-state index contributed by atoms with van der Waals surface area (Å²) in [6, 6.07) is 10.7. The number of hydrogen-bond acceptors (Lipinski definition) is 7. The molecule has 2 N–H and O–H groups in total. The minimum Gasteiger partial charge on any atom is -0.493 e. The van der Waals surface area contributed by atoms with Gasteiger partial charge in [-0.05, 0) is 41.8 Å². The van der Waals surface area contributed by atoms with Crippen molar-refractivity contribution < 1.29 is 33.9 Å². The maximum atomic E-state index is 11.3. The molecule has 0 saturated carbocycles. The molecule has 1 saturated heterocycles. The van der Waals surface area contributed by atoms with Gasteiger partial charge >= 0.3 is 0 Å². The minimum atomic E-state index is -1.44. The van der Waals surface area contributed by atoms with Gasteiger partial charge in [-0.25, -0.2) is 0 Å². The highest BCUT2D eigenvalue weighted by molar-refractivity contribution is 5.45. The predicted octanol–water partition coefficient (Wildman–Crippen LogP) is 2.37. The average Bonchev–Trinajstić information content (AvgIpc) is 3.13. The lowest BCUT2D eigenvalue weighted by molar-refractivity contribution is -0.101. The van der Waals surface area contributed by atoms with Crippen LogP contribution in [0.2, 0.25) is 0 Å². The van der Waals surface area contributed by atoms with Crippen molar-refractivity contribution in [2.75, 3.05) is 41.7 Å². The summed E-state index contributed by atoms with van der Waals surface area (Å²) in [5, 5.41) is 22.4. The number of rotatable bonds is 8. The summed E-state index contributed by atoms with van der Waals surface area (Å²) in [6.07, 6.45) is -0.628. The molecule has 0 aliphatic carbocycles. The smallest absolute Gasteiger partial charge is 0.161 e. The number of benzene rings is 2. The molecule has 158 valence electrons. The molecule has 0 spiro atoms. The zero-order valence-corrected chi connectivity index (χ0v) is 17.2. The van der Waals surface area contributed by atoms with Crippen molar-refractivity contribution in [3.05, 3.63) is 47.5 Å². The topological polar surface area (TPSA) is 86.6 Å². The fourth-order valence-electron chi connectivity index (χ4n) is 3.77. The van der Waals surface area contributed by atoms with E-state index in [0.29, 0.717) is 41.6 Å². The maximum absolute atomic E-state index is 11.3. The van der Waals surface area contributed by atoms with Crippen molar-refractivity contribution in [2.45, 2.75) is 18.1 Å². The highest BCUT2D eigenvalue weighted by Crippen LogP contribution is 2.41. The van der Waals surface area contributed by atoms with E-state index in [-0.39, 0.29) is 12.5 Å². The summed E-state index contributed by atoms with van der Waals surface area (Å²) in [5.41, 5.74) is 0.0521. The van der Waals surface area contributed by atoms with Crippen LogP contribution in [0.5, 0.6) is 23.0 Å². The first kappa shape index (κ1) is 21.2. The van der Waals surface area contributed by atoms with Crippen molar-refractivity contribution in [1.29, 1.82) is 0 Å². The zero-order chi connectivity index (χ0) is 21.0. The molecule has 7 nitrogen and oxygen atoms in total. The van der Waals surface area contributed by atoms with Crippen LogP contribution < -0.4 is 18.9 Å². The molecule has 7 heteroatoms. The highest BCUT2D eigenvalue weighted by Gasteiger charge is 2.48. The van der Waals surface area contributed by atoms with Gasteiger partial charge in [0, 0.05) is 5.92 Å². The normalized spacial score (nSPS) is 22.2. The Labute approximate surface area is 170 Å². The third kappa shape index (κ3) is 4.12. The van der Waals surface area contributed by atoms with Crippen molar-refractivity contribution in [3.8, 4) is 23.0 Å². The fourth-order valence-corrected chi connectivity index (χ4v) is 3.77. The highest BCUT2D eigenvalue weighted by atomic mass is 16.5. The summed E-state index contributed by atoms with van der Waals surface area (Å²) in [4.78, 5) is 0. The second-order valence-electron chi connectivity index (χ2n) is 7.11. The average molecular weight is 404 g/mol.